The van der Waals surface area contributed by atoms with Crippen LogP contribution < -0.4 is 0 Å². The minimum Gasteiger partial charge on any atom is -0.493 e. The number of aromatic hydroxyl groups is 1. The molecule has 23 heavy (non-hydrogen) atoms. The molecule has 0 aliphatic carbocycles. The molecule has 0 fully saturated rings. The molecule has 1 N–H and O–H groups in total. The first kappa shape index (κ1) is 14.7. The van der Waals surface area contributed by atoms with Crippen LogP contribution in [0.3, 0.4) is 0 Å². The molecule has 114 valence electrons. The van der Waals surface area contributed by atoms with Gasteiger partial charge >= 0.3 is 0 Å². The smallest absolute Gasteiger partial charge is 0.215 e. The Morgan fingerprint density at radius 2 is 2.09 bits per heavy atom. The Morgan fingerprint density at radius 1 is 1.26 bits per heavy atom. The van der Waals surface area contributed by atoms with E-state index in [2.05, 4.69) is 10.1 Å². The lowest BCUT2D eigenvalue weighted by Crippen LogP contribution is -2.01. The van der Waals surface area contributed by atoms with Crippen LogP contribution in [0.4, 0.5) is 4.39 Å². The summed E-state index contributed by atoms with van der Waals surface area (Å²) < 4.78 is 14.4. The van der Waals surface area contributed by atoms with Crippen molar-refractivity contribution in [1.82, 2.24) is 14.8 Å². The van der Waals surface area contributed by atoms with Crippen LogP contribution in [-0.4, -0.2) is 19.9 Å². The largest absolute Gasteiger partial charge is 0.493 e. The molecule has 1 aromatic carbocycles. The lowest BCUT2D eigenvalue weighted by Gasteiger charge is -2.04. The molecule has 2 heterocycles. The van der Waals surface area contributed by atoms with Crippen molar-refractivity contribution in [3.05, 3.63) is 70.8 Å². The Morgan fingerprint density at radius 3 is 2.83 bits per heavy atom. The summed E-state index contributed by atoms with van der Waals surface area (Å²) in [5.41, 5.74) is 2.81. The number of halogens is 1. The van der Waals surface area contributed by atoms with Gasteiger partial charge in [0.05, 0.1) is 17.3 Å². The minimum absolute atomic E-state index is 0.0673. The van der Waals surface area contributed by atoms with Crippen molar-refractivity contribution in [2.75, 3.05) is 0 Å². The number of rotatable bonds is 3. The van der Waals surface area contributed by atoms with Gasteiger partial charge < -0.3 is 5.11 Å². The average Bonchev–Trinajstić information content (AvgIpc) is 2.91. The Hall–Kier alpha value is -3.20. The lowest BCUT2D eigenvalue weighted by molar-refractivity contribution is 0.432. The topological polar surface area (TPSA) is 74.7 Å². The standard InChI is InChI=1S/C17H13FN4O/c1-11-6-14(18)3-2-13(11)8-15-9-17(23)22(21-15)16-7-12(10-19)4-5-20-16/h2-7,9,23H,8H2,1H3. The Labute approximate surface area is 132 Å². The van der Waals surface area contributed by atoms with Crippen LogP contribution in [0.5, 0.6) is 5.88 Å². The number of nitrogens with zero attached hydrogens (tertiary/aromatic N) is 4. The summed E-state index contributed by atoms with van der Waals surface area (Å²) in [7, 11) is 0. The molecular weight excluding hydrogens is 295 g/mol. The second-order valence-electron chi connectivity index (χ2n) is 5.17. The molecule has 0 radical (unpaired) electrons. The first-order chi connectivity index (χ1) is 11.1. The van der Waals surface area contributed by atoms with Gasteiger partial charge in [-0.15, -0.1) is 0 Å². The molecule has 0 unspecified atom stereocenters. The molecule has 0 atom stereocenters. The van der Waals surface area contributed by atoms with E-state index in [0.29, 0.717) is 23.5 Å². The van der Waals surface area contributed by atoms with E-state index in [4.69, 9.17) is 5.26 Å². The predicted molar refractivity (Wildman–Crippen MR) is 81.7 cm³/mol. The van der Waals surface area contributed by atoms with Gasteiger partial charge in [-0.1, -0.05) is 6.07 Å². The third kappa shape index (κ3) is 3.04. The maximum absolute atomic E-state index is 13.2. The molecule has 2 aromatic heterocycles. The summed E-state index contributed by atoms with van der Waals surface area (Å²) >= 11 is 0. The van der Waals surface area contributed by atoms with Crippen molar-refractivity contribution in [3.63, 3.8) is 0 Å². The quantitative estimate of drug-likeness (QED) is 0.807. The van der Waals surface area contributed by atoms with Gasteiger partial charge in [0.2, 0.25) is 5.88 Å². The Kier molecular flexibility index (Phi) is 3.77. The maximum atomic E-state index is 13.2. The number of pyridine rings is 1. The maximum Gasteiger partial charge on any atom is 0.215 e. The van der Waals surface area contributed by atoms with E-state index in [0.717, 1.165) is 11.1 Å². The normalized spacial score (nSPS) is 10.5. The number of hydrogen-bond acceptors (Lipinski definition) is 4. The van der Waals surface area contributed by atoms with Gasteiger partial charge in [0.15, 0.2) is 5.82 Å². The van der Waals surface area contributed by atoms with Crippen molar-refractivity contribution >= 4 is 0 Å². The summed E-state index contributed by atoms with van der Waals surface area (Å²) in [4.78, 5) is 4.11. The van der Waals surface area contributed by atoms with Gasteiger partial charge in [-0.3, -0.25) is 0 Å². The van der Waals surface area contributed by atoms with E-state index >= 15 is 0 Å². The van der Waals surface area contributed by atoms with Crippen molar-refractivity contribution in [2.24, 2.45) is 0 Å². The summed E-state index contributed by atoms with van der Waals surface area (Å²) in [6, 6.07) is 11.2. The molecule has 0 aliphatic rings. The van der Waals surface area contributed by atoms with Gasteiger partial charge in [-0.25, -0.2) is 9.37 Å². The summed E-state index contributed by atoms with van der Waals surface area (Å²) in [6.07, 6.45) is 1.95. The minimum atomic E-state index is -0.280. The molecule has 0 aliphatic heterocycles. The van der Waals surface area contributed by atoms with Gasteiger partial charge in [0.1, 0.15) is 5.82 Å². The first-order valence-electron chi connectivity index (χ1n) is 6.96. The fourth-order valence-electron chi connectivity index (χ4n) is 2.33. The molecule has 6 heteroatoms. The lowest BCUT2D eigenvalue weighted by atomic mass is 10.0. The Balaban J connectivity index is 1.93. The SMILES string of the molecule is Cc1cc(F)ccc1Cc1cc(O)n(-c2cc(C#N)ccn2)n1. The third-order valence-corrected chi connectivity index (χ3v) is 3.51. The first-order valence-corrected chi connectivity index (χ1v) is 6.96. The number of aromatic nitrogens is 3. The van der Waals surface area contributed by atoms with E-state index in [-0.39, 0.29) is 11.7 Å². The van der Waals surface area contributed by atoms with E-state index in [1.54, 1.807) is 18.2 Å². The van der Waals surface area contributed by atoms with E-state index in [9.17, 15) is 9.50 Å². The second kappa shape index (κ2) is 5.89. The highest BCUT2D eigenvalue weighted by molar-refractivity contribution is 5.38. The van der Waals surface area contributed by atoms with E-state index in [1.165, 1.54) is 29.1 Å². The molecule has 0 spiro atoms. The van der Waals surface area contributed by atoms with Crippen molar-refractivity contribution < 1.29 is 9.50 Å². The number of aryl methyl sites for hydroxylation is 1. The Bertz CT molecular complexity index is 911. The van der Waals surface area contributed by atoms with E-state index < -0.39 is 0 Å². The van der Waals surface area contributed by atoms with Crippen molar-refractivity contribution in [1.29, 1.82) is 5.26 Å². The van der Waals surface area contributed by atoms with Gasteiger partial charge in [0.25, 0.3) is 0 Å². The fraction of sp³-hybridized carbons (Fsp3) is 0.118. The van der Waals surface area contributed by atoms with Crippen molar-refractivity contribution in [3.8, 4) is 17.8 Å². The van der Waals surface area contributed by atoms with Crippen molar-refractivity contribution in [2.45, 2.75) is 13.3 Å². The summed E-state index contributed by atoms with van der Waals surface area (Å²) in [5.74, 6) is 0.0168. The molecule has 0 saturated heterocycles. The van der Waals surface area contributed by atoms with Crippen LogP contribution in [0.25, 0.3) is 5.82 Å². The molecule has 0 bridgehead atoms. The molecule has 5 nitrogen and oxygen atoms in total. The highest BCUT2D eigenvalue weighted by Gasteiger charge is 2.12. The highest BCUT2D eigenvalue weighted by Crippen LogP contribution is 2.20. The summed E-state index contributed by atoms with van der Waals surface area (Å²) in [5, 5.41) is 23.3. The number of hydrogen-bond donors (Lipinski definition) is 1. The zero-order valence-electron chi connectivity index (χ0n) is 12.4. The molecule has 3 aromatic rings. The van der Waals surface area contributed by atoms with Crippen LogP contribution in [0.2, 0.25) is 0 Å². The monoisotopic (exact) mass is 308 g/mol. The third-order valence-electron chi connectivity index (χ3n) is 3.51. The molecule has 0 saturated carbocycles. The zero-order valence-corrected chi connectivity index (χ0v) is 12.4. The fourth-order valence-corrected chi connectivity index (χ4v) is 2.33. The van der Waals surface area contributed by atoms with Gasteiger partial charge in [0, 0.05) is 24.8 Å². The van der Waals surface area contributed by atoms with Crippen LogP contribution in [0.15, 0.2) is 42.6 Å². The average molecular weight is 308 g/mol. The van der Waals surface area contributed by atoms with E-state index in [1.807, 2.05) is 13.0 Å². The zero-order chi connectivity index (χ0) is 16.4. The van der Waals surface area contributed by atoms with Crippen LogP contribution in [0, 0.1) is 24.1 Å². The molecule has 3 rings (SSSR count). The van der Waals surface area contributed by atoms with Gasteiger partial charge in [-0.2, -0.15) is 15.0 Å². The highest BCUT2D eigenvalue weighted by atomic mass is 19.1. The van der Waals surface area contributed by atoms with Crippen LogP contribution >= 0.6 is 0 Å². The van der Waals surface area contributed by atoms with Gasteiger partial charge in [-0.05, 0) is 36.2 Å². The number of benzene rings is 1. The number of nitriles is 1. The van der Waals surface area contributed by atoms with Crippen LogP contribution in [0.1, 0.15) is 22.4 Å². The second-order valence-corrected chi connectivity index (χ2v) is 5.17. The molecule has 0 amide bonds. The summed E-state index contributed by atoms with van der Waals surface area (Å²) in [6.45, 7) is 1.83. The molecular formula is C17H13FN4O. The predicted octanol–water partition coefficient (Wildman–Crippen LogP) is 2.88. The van der Waals surface area contributed by atoms with Crippen LogP contribution in [-0.2, 0) is 6.42 Å².